The van der Waals surface area contributed by atoms with Crippen LogP contribution in [-0.4, -0.2) is 15.7 Å². The van der Waals surface area contributed by atoms with Crippen LogP contribution in [0.2, 0.25) is 0 Å². The summed E-state index contributed by atoms with van der Waals surface area (Å²) in [5.74, 6) is -0.468. The summed E-state index contributed by atoms with van der Waals surface area (Å²) in [5.41, 5.74) is 0.406. The fraction of sp³-hybridized carbons (Fsp3) is 0.100. The zero-order chi connectivity index (χ0) is 20.1. The highest BCUT2D eigenvalue weighted by Gasteiger charge is 2.29. The minimum Gasteiger partial charge on any atom is -0.307 e. The van der Waals surface area contributed by atoms with E-state index in [1.54, 1.807) is 12.1 Å². The summed E-state index contributed by atoms with van der Waals surface area (Å²) in [5, 5.41) is 6.70. The number of anilines is 1. The number of hydrogen-bond acceptors (Lipinski definition) is 2. The van der Waals surface area contributed by atoms with Gasteiger partial charge in [-0.05, 0) is 41.5 Å². The molecule has 1 N–H and O–H groups in total. The molecule has 0 aliphatic rings. The summed E-state index contributed by atoms with van der Waals surface area (Å²) >= 11 is 0. The topological polar surface area (TPSA) is 46.9 Å². The fourth-order valence-electron chi connectivity index (χ4n) is 2.49. The summed E-state index contributed by atoms with van der Waals surface area (Å²) < 4.78 is 52.5. The molecule has 8 heteroatoms. The largest absolute Gasteiger partial charge is 0.416 e. The Balaban J connectivity index is 1.66. The number of alkyl halides is 3. The number of aromatic nitrogens is 2. The van der Waals surface area contributed by atoms with E-state index in [0.717, 1.165) is 12.1 Å². The molecule has 1 heterocycles. The van der Waals surface area contributed by atoms with Crippen LogP contribution in [0.1, 0.15) is 16.7 Å². The van der Waals surface area contributed by atoms with Crippen LogP contribution in [0.3, 0.4) is 0 Å². The summed E-state index contributed by atoms with van der Waals surface area (Å²) in [4.78, 5) is 12.1. The Bertz CT molecular complexity index is 991. The minimum absolute atomic E-state index is 0.189. The number of benzene rings is 2. The average molecular weight is 389 g/mol. The summed E-state index contributed by atoms with van der Waals surface area (Å²) in [6, 6.07) is 12.1. The van der Waals surface area contributed by atoms with Gasteiger partial charge in [0.1, 0.15) is 11.6 Å². The molecule has 0 bridgehead atoms. The van der Waals surface area contributed by atoms with E-state index in [2.05, 4.69) is 10.4 Å². The SMILES string of the molecule is O=C(/C=C/c1cccc(F)c1)Nc1ccnn1Cc1ccc(C(F)(F)F)cc1. The number of halogens is 4. The monoisotopic (exact) mass is 389 g/mol. The van der Waals surface area contributed by atoms with E-state index < -0.39 is 23.5 Å². The minimum atomic E-state index is -4.39. The van der Waals surface area contributed by atoms with E-state index in [1.165, 1.54) is 53.4 Å². The molecule has 0 fully saturated rings. The van der Waals surface area contributed by atoms with Crippen LogP contribution >= 0.6 is 0 Å². The number of rotatable bonds is 5. The maximum absolute atomic E-state index is 13.1. The van der Waals surface area contributed by atoms with Gasteiger partial charge in [0.15, 0.2) is 0 Å². The number of carbonyl (C=O) groups excluding carboxylic acids is 1. The number of nitrogens with one attached hydrogen (secondary N) is 1. The Labute approximate surface area is 158 Å². The molecule has 0 saturated carbocycles. The number of hydrogen-bond donors (Lipinski definition) is 1. The van der Waals surface area contributed by atoms with Gasteiger partial charge in [-0.2, -0.15) is 18.3 Å². The van der Waals surface area contributed by atoms with E-state index in [-0.39, 0.29) is 6.54 Å². The van der Waals surface area contributed by atoms with Crippen molar-refractivity contribution in [1.29, 1.82) is 0 Å². The third kappa shape index (κ3) is 5.06. The van der Waals surface area contributed by atoms with E-state index >= 15 is 0 Å². The van der Waals surface area contributed by atoms with Gasteiger partial charge in [0.2, 0.25) is 5.91 Å². The fourth-order valence-corrected chi connectivity index (χ4v) is 2.49. The first-order chi connectivity index (χ1) is 13.3. The Hall–Kier alpha value is -3.42. The molecule has 0 saturated heterocycles. The van der Waals surface area contributed by atoms with Crippen LogP contribution in [0.4, 0.5) is 23.4 Å². The maximum Gasteiger partial charge on any atom is 0.416 e. The van der Waals surface area contributed by atoms with Crippen molar-refractivity contribution in [2.24, 2.45) is 0 Å². The Morgan fingerprint density at radius 1 is 1.11 bits per heavy atom. The highest BCUT2D eigenvalue weighted by molar-refractivity contribution is 6.01. The second-order valence-electron chi connectivity index (χ2n) is 5.95. The number of nitrogens with zero attached hydrogens (tertiary/aromatic N) is 2. The van der Waals surface area contributed by atoms with Crippen LogP contribution in [0.25, 0.3) is 6.08 Å². The molecule has 3 rings (SSSR count). The zero-order valence-electron chi connectivity index (χ0n) is 14.4. The van der Waals surface area contributed by atoms with Gasteiger partial charge in [0, 0.05) is 12.1 Å². The van der Waals surface area contributed by atoms with Crippen molar-refractivity contribution < 1.29 is 22.4 Å². The van der Waals surface area contributed by atoms with Crippen LogP contribution in [-0.2, 0) is 17.5 Å². The quantitative estimate of drug-likeness (QED) is 0.506. The first-order valence-electron chi connectivity index (χ1n) is 8.24. The molecule has 1 aromatic heterocycles. The van der Waals surface area contributed by atoms with Crippen LogP contribution in [0.5, 0.6) is 0 Å². The van der Waals surface area contributed by atoms with Gasteiger partial charge in [-0.3, -0.25) is 4.79 Å². The first kappa shape index (κ1) is 19.3. The molecule has 0 aliphatic heterocycles. The first-order valence-corrected chi connectivity index (χ1v) is 8.24. The van der Waals surface area contributed by atoms with E-state index in [9.17, 15) is 22.4 Å². The van der Waals surface area contributed by atoms with Crippen LogP contribution in [0, 0.1) is 5.82 Å². The van der Waals surface area contributed by atoms with Gasteiger partial charge < -0.3 is 5.32 Å². The van der Waals surface area contributed by atoms with Crippen molar-refractivity contribution in [3.8, 4) is 0 Å². The molecule has 144 valence electrons. The standard InChI is InChI=1S/C20H15F4N3O/c21-17-3-1-2-14(12-17)6-9-19(28)26-18-10-11-25-27(18)13-15-4-7-16(8-5-15)20(22,23)24/h1-12H,13H2,(H,26,28)/b9-6+. The molecule has 1 amide bonds. The molecule has 2 aromatic carbocycles. The molecule has 0 radical (unpaired) electrons. The van der Waals surface area contributed by atoms with Gasteiger partial charge in [0.05, 0.1) is 18.3 Å². The van der Waals surface area contributed by atoms with E-state index in [4.69, 9.17) is 0 Å². The van der Waals surface area contributed by atoms with Crippen molar-refractivity contribution in [2.45, 2.75) is 12.7 Å². The Kier molecular flexibility index (Phi) is 5.58. The molecule has 0 unspecified atom stereocenters. The molecular weight excluding hydrogens is 374 g/mol. The highest BCUT2D eigenvalue weighted by atomic mass is 19.4. The van der Waals surface area contributed by atoms with Crippen molar-refractivity contribution >= 4 is 17.8 Å². The van der Waals surface area contributed by atoms with Crippen molar-refractivity contribution in [3.05, 3.63) is 89.4 Å². The molecule has 0 atom stereocenters. The molecule has 0 spiro atoms. The summed E-state index contributed by atoms with van der Waals surface area (Å²) in [6.45, 7) is 0.189. The normalized spacial score (nSPS) is 11.7. The third-order valence-electron chi connectivity index (χ3n) is 3.86. The summed E-state index contributed by atoms with van der Waals surface area (Å²) in [7, 11) is 0. The van der Waals surface area contributed by atoms with Gasteiger partial charge in [-0.15, -0.1) is 0 Å². The second kappa shape index (κ2) is 8.08. The van der Waals surface area contributed by atoms with Crippen molar-refractivity contribution in [2.75, 3.05) is 5.32 Å². The van der Waals surface area contributed by atoms with E-state index in [0.29, 0.717) is 16.9 Å². The lowest BCUT2D eigenvalue weighted by Crippen LogP contribution is -2.14. The van der Waals surface area contributed by atoms with Crippen LogP contribution < -0.4 is 5.32 Å². The molecule has 4 nitrogen and oxygen atoms in total. The number of carbonyl (C=O) groups is 1. The average Bonchev–Trinajstić information content (AvgIpc) is 3.06. The van der Waals surface area contributed by atoms with Crippen molar-refractivity contribution in [1.82, 2.24) is 9.78 Å². The van der Waals surface area contributed by atoms with E-state index in [1.807, 2.05) is 0 Å². The maximum atomic E-state index is 13.1. The van der Waals surface area contributed by atoms with Crippen molar-refractivity contribution in [3.63, 3.8) is 0 Å². The van der Waals surface area contributed by atoms with Gasteiger partial charge in [-0.1, -0.05) is 24.3 Å². The predicted octanol–water partition coefficient (Wildman–Crippen LogP) is 4.74. The second-order valence-corrected chi connectivity index (χ2v) is 5.95. The van der Waals surface area contributed by atoms with Gasteiger partial charge >= 0.3 is 6.18 Å². The molecular formula is C20H15F4N3O. The zero-order valence-corrected chi connectivity index (χ0v) is 14.4. The lowest BCUT2D eigenvalue weighted by Gasteiger charge is -2.10. The Morgan fingerprint density at radius 3 is 2.54 bits per heavy atom. The number of amides is 1. The predicted molar refractivity (Wildman–Crippen MR) is 96.8 cm³/mol. The van der Waals surface area contributed by atoms with Crippen LogP contribution in [0.15, 0.2) is 66.9 Å². The highest BCUT2D eigenvalue weighted by Crippen LogP contribution is 2.29. The third-order valence-corrected chi connectivity index (χ3v) is 3.86. The van der Waals surface area contributed by atoms with Gasteiger partial charge in [0.25, 0.3) is 0 Å². The smallest absolute Gasteiger partial charge is 0.307 e. The lowest BCUT2D eigenvalue weighted by molar-refractivity contribution is -0.137. The molecule has 28 heavy (non-hydrogen) atoms. The lowest BCUT2D eigenvalue weighted by atomic mass is 10.1. The Morgan fingerprint density at radius 2 is 1.86 bits per heavy atom. The van der Waals surface area contributed by atoms with Gasteiger partial charge in [-0.25, -0.2) is 9.07 Å². The summed E-state index contributed by atoms with van der Waals surface area (Å²) in [6.07, 6.45) is -0.202. The molecule has 0 aliphatic carbocycles. The molecule has 3 aromatic rings.